The molecule has 0 aliphatic heterocycles. The van der Waals surface area contributed by atoms with Gasteiger partial charge in [-0.2, -0.15) is 0 Å². The predicted molar refractivity (Wildman–Crippen MR) is 112 cm³/mol. The van der Waals surface area contributed by atoms with Crippen molar-refractivity contribution in [3.05, 3.63) is 83.1 Å². The van der Waals surface area contributed by atoms with Gasteiger partial charge < -0.3 is 14.9 Å². The molecule has 4 heteroatoms. The normalized spacial score (nSPS) is 11.0. The van der Waals surface area contributed by atoms with Gasteiger partial charge in [0, 0.05) is 10.9 Å². The third-order valence-corrected chi connectivity index (χ3v) is 4.96. The Morgan fingerprint density at radius 1 is 0.964 bits per heavy atom. The van der Waals surface area contributed by atoms with Crippen LogP contribution in [0.3, 0.4) is 0 Å². The molecule has 1 aromatic heterocycles. The fourth-order valence-corrected chi connectivity index (χ4v) is 3.46. The third kappa shape index (κ3) is 3.03. The van der Waals surface area contributed by atoms with Gasteiger partial charge in [-0.1, -0.05) is 42.0 Å². The number of benzene rings is 3. The highest BCUT2D eigenvalue weighted by Gasteiger charge is 2.21. The lowest BCUT2D eigenvalue weighted by atomic mass is 10.00. The summed E-state index contributed by atoms with van der Waals surface area (Å²) < 4.78 is 11.2. The lowest BCUT2D eigenvalue weighted by Crippen LogP contribution is -2.05. The number of ketones is 1. The molecule has 0 aliphatic carbocycles. The molecule has 1 heterocycles. The highest BCUT2D eigenvalue weighted by molar-refractivity contribution is 6.15. The number of nitrogens with two attached hydrogens (primary N) is 1. The van der Waals surface area contributed by atoms with E-state index in [0.717, 1.165) is 33.4 Å². The third-order valence-electron chi connectivity index (χ3n) is 4.96. The van der Waals surface area contributed by atoms with Gasteiger partial charge in [0.15, 0.2) is 5.76 Å². The zero-order chi connectivity index (χ0) is 19.8. The maximum absolute atomic E-state index is 13.0. The Bertz CT molecular complexity index is 1200. The second-order valence-corrected chi connectivity index (χ2v) is 6.94. The molecule has 3 aromatic carbocycles. The molecule has 4 nitrogen and oxygen atoms in total. The Kier molecular flexibility index (Phi) is 4.40. The van der Waals surface area contributed by atoms with Crippen LogP contribution < -0.4 is 10.5 Å². The van der Waals surface area contributed by atoms with Crippen molar-refractivity contribution in [2.45, 2.75) is 13.8 Å². The highest BCUT2D eigenvalue weighted by Crippen LogP contribution is 2.34. The van der Waals surface area contributed by atoms with E-state index in [9.17, 15) is 4.79 Å². The first-order valence-electron chi connectivity index (χ1n) is 9.06. The van der Waals surface area contributed by atoms with Crippen LogP contribution in [0, 0.1) is 13.8 Å². The molecule has 4 aromatic rings. The lowest BCUT2D eigenvalue weighted by Gasteiger charge is -2.04. The second-order valence-electron chi connectivity index (χ2n) is 6.94. The van der Waals surface area contributed by atoms with Crippen LogP contribution in [-0.2, 0) is 0 Å². The topological polar surface area (TPSA) is 65.5 Å². The number of methoxy groups -OCH3 is 1. The van der Waals surface area contributed by atoms with Crippen molar-refractivity contribution < 1.29 is 13.9 Å². The number of carbonyl (C=O) groups is 1. The Balaban J connectivity index is 1.79. The summed E-state index contributed by atoms with van der Waals surface area (Å²) in [6.07, 6.45) is 0. The summed E-state index contributed by atoms with van der Waals surface area (Å²) in [5.74, 6) is 0.765. The van der Waals surface area contributed by atoms with Gasteiger partial charge in [0.05, 0.1) is 12.8 Å². The molecule has 2 N–H and O–H groups in total. The molecule has 0 saturated heterocycles. The molecular weight excluding hydrogens is 350 g/mol. The van der Waals surface area contributed by atoms with Crippen LogP contribution in [0.4, 0.5) is 5.69 Å². The van der Waals surface area contributed by atoms with E-state index in [1.54, 1.807) is 7.11 Å². The average Bonchev–Trinajstić information content (AvgIpc) is 3.03. The number of nitrogen functional groups attached to an aromatic ring is 1. The number of aryl methyl sites for hydroxylation is 2. The molecule has 0 unspecified atom stereocenters. The molecule has 0 saturated carbocycles. The molecule has 0 aliphatic rings. The maximum atomic E-state index is 13.0. The van der Waals surface area contributed by atoms with Crippen LogP contribution in [0.2, 0.25) is 0 Å². The number of anilines is 1. The molecule has 28 heavy (non-hydrogen) atoms. The largest absolute Gasteiger partial charge is 0.497 e. The van der Waals surface area contributed by atoms with Crippen molar-refractivity contribution in [2.24, 2.45) is 0 Å². The number of hydrogen-bond donors (Lipinski definition) is 1. The fraction of sp³-hybridized carbons (Fsp3) is 0.125. The number of hydrogen-bond acceptors (Lipinski definition) is 4. The molecular formula is C24H21NO3. The Hall–Kier alpha value is -3.53. The lowest BCUT2D eigenvalue weighted by molar-refractivity contribution is 0.101. The average molecular weight is 371 g/mol. The van der Waals surface area contributed by atoms with Crippen molar-refractivity contribution in [3.8, 4) is 16.9 Å². The zero-order valence-corrected chi connectivity index (χ0v) is 16.1. The number of ether oxygens (including phenoxy) is 1. The predicted octanol–water partition coefficient (Wildman–Crippen LogP) is 5.54. The fourth-order valence-electron chi connectivity index (χ4n) is 3.46. The summed E-state index contributed by atoms with van der Waals surface area (Å²) in [5, 5.41) is 0.736. The molecule has 4 rings (SSSR count). The molecule has 0 amide bonds. The summed E-state index contributed by atoms with van der Waals surface area (Å²) in [5.41, 5.74) is 11.8. The summed E-state index contributed by atoms with van der Waals surface area (Å²) in [4.78, 5) is 13.0. The van der Waals surface area contributed by atoms with Crippen molar-refractivity contribution in [2.75, 3.05) is 12.8 Å². The molecule has 0 fully saturated rings. The van der Waals surface area contributed by atoms with E-state index in [1.807, 2.05) is 74.5 Å². The molecule has 0 spiro atoms. The van der Waals surface area contributed by atoms with E-state index < -0.39 is 0 Å². The smallest absolute Gasteiger partial charge is 0.230 e. The van der Waals surface area contributed by atoms with Crippen LogP contribution in [-0.4, -0.2) is 12.9 Å². The van der Waals surface area contributed by atoms with Gasteiger partial charge in [0.25, 0.3) is 0 Å². The van der Waals surface area contributed by atoms with Crippen LogP contribution >= 0.6 is 0 Å². The van der Waals surface area contributed by atoms with E-state index in [2.05, 4.69) is 0 Å². The maximum Gasteiger partial charge on any atom is 0.230 e. The van der Waals surface area contributed by atoms with E-state index in [-0.39, 0.29) is 11.5 Å². The van der Waals surface area contributed by atoms with Gasteiger partial charge in [-0.15, -0.1) is 0 Å². The van der Waals surface area contributed by atoms with E-state index in [1.165, 1.54) is 0 Å². The SMILES string of the molecule is COc1cccc(-c2ccc3c(N)c(C(=O)c4ccc(C)cc4C)oc3c2)c1. The van der Waals surface area contributed by atoms with E-state index in [4.69, 9.17) is 14.9 Å². The van der Waals surface area contributed by atoms with E-state index >= 15 is 0 Å². The summed E-state index contributed by atoms with van der Waals surface area (Å²) >= 11 is 0. The summed E-state index contributed by atoms with van der Waals surface area (Å²) in [6.45, 7) is 3.91. The molecule has 140 valence electrons. The number of fused-ring (bicyclic) bond motifs is 1. The standard InChI is InChI=1S/C24H21NO3/c1-14-7-9-19(15(2)11-14)23(26)24-22(25)20-10-8-17(13-21(20)28-24)16-5-4-6-18(12-16)27-3/h4-13H,25H2,1-3H3. The van der Waals surface area contributed by atoms with Crippen molar-refractivity contribution in [1.29, 1.82) is 0 Å². The van der Waals surface area contributed by atoms with E-state index in [0.29, 0.717) is 16.8 Å². The minimum absolute atomic E-state index is 0.185. The number of furan rings is 1. The first-order chi connectivity index (χ1) is 13.5. The van der Waals surface area contributed by atoms with Gasteiger partial charge in [0.2, 0.25) is 5.78 Å². The first-order valence-corrected chi connectivity index (χ1v) is 9.06. The quantitative estimate of drug-likeness (QED) is 0.478. The molecule has 0 radical (unpaired) electrons. The Morgan fingerprint density at radius 3 is 2.50 bits per heavy atom. The van der Waals surface area contributed by atoms with Crippen LogP contribution in [0.25, 0.3) is 22.1 Å². The monoisotopic (exact) mass is 371 g/mol. The minimum atomic E-state index is -0.200. The highest BCUT2D eigenvalue weighted by atomic mass is 16.5. The van der Waals surface area contributed by atoms with Crippen molar-refractivity contribution >= 4 is 22.4 Å². The molecule has 0 bridgehead atoms. The number of carbonyl (C=O) groups excluding carboxylic acids is 1. The number of rotatable bonds is 4. The van der Waals surface area contributed by atoms with Crippen LogP contribution in [0.5, 0.6) is 5.75 Å². The van der Waals surface area contributed by atoms with Crippen molar-refractivity contribution in [1.82, 2.24) is 0 Å². The van der Waals surface area contributed by atoms with Gasteiger partial charge in [-0.3, -0.25) is 4.79 Å². The Morgan fingerprint density at radius 2 is 1.75 bits per heavy atom. The second kappa shape index (κ2) is 6.89. The van der Waals surface area contributed by atoms with Gasteiger partial charge >= 0.3 is 0 Å². The van der Waals surface area contributed by atoms with Crippen molar-refractivity contribution in [3.63, 3.8) is 0 Å². The summed E-state index contributed by atoms with van der Waals surface area (Å²) in [7, 11) is 1.64. The molecule has 0 atom stereocenters. The van der Waals surface area contributed by atoms with Crippen LogP contribution in [0.1, 0.15) is 27.2 Å². The van der Waals surface area contributed by atoms with Crippen LogP contribution in [0.15, 0.2) is 65.1 Å². The minimum Gasteiger partial charge on any atom is -0.497 e. The van der Waals surface area contributed by atoms with Gasteiger partial charge in [-0.25, -0.2) is 0 Å². The first kappa shape index (κ1) is 17.9. The van der Waals surface area contributed by atoms with Gasteiger partial charge in [-0.05, 0) is 54.8 Å². The zero-order valence-electron chi connectivity index (χ0n) is 16.1. The van der Waals surface area contributed by atoms with Gasteiger partial charge in [0.1, 0.15) is 11.3 Å². The Labute approximate surface area is 163 Å². The summed E-state index contributed by atoms with van der Waals surface area (Å²) in [6, 6.07) is 19.3.